The first kappa shape index (κ1) is 13.9. The molecule has 3 atom stereocenters. The molecule has 0 spiro atoms. The van der Waals surface area contributed by atoms with E-state index >= 15 is 0 Å². The zero-order valence-electron chi connectivity index (χ0n) is 11.2. The summed E-state index contributed by atoms with van der Waals surface area (Å²) in [5.74, 6) is 2.00. The highest BCUT2D eigenvalue weighted by Gasteiger charge is 2.32. The van der Waals surface area contributed by atoms with Gasteiger partial charge in [0.25, 0.3) is 0 Å². The van der Waals surface area contributed by atoms with E-state index in [4.69, 9.17) is 0 Å². The summed E-state index contributed by atoms with van der Waals surface area (Å²) >= 11 is 7.20. The summed E-state index contributed by atoms with van der Waals surface area (Å²) in [6, 6.07) is 7.02. The second kappa shape index (κ2) is 6.17. The Bertz CT molecular complexity index is 446. The molecule has 3 unspecified atom stereocenters. The maximum atomic E-state index is 3.75. The van der Waals surface area contributed by atoms with Crippen molar-refractivity contribution in [2.45, 2.75) is 51.0 Å². The predicted molar refractivity (Wildman–Crippen MR) is 88.6 cm³/mol. The van der Waals surface area contributed by atoms with Crippen molar-refractivity contribution in [1.82, 2.24) is 0 Å². The molecule has 3 heteroatoms. The first-order valence-corrected chi connectivity index (χ1v) is 9.02. The summed E-state index contributed by atoms with van der Waals surface area (Å²) < 4.78 is 2.31. The van der Waals surface area contributed by atoms with E-state index in [1.165, 1.54) is 55.1 Å². The fourth-order valence-corrected chi connectivity index (χ4v) is 4.55. The van der Waals surface area contributed by atoms with E-state index in [9.17, 15) is 0 Å². The normalized spacial score (nSPS) is 30.7. The van der Waals surface area contributed by atoms with Gasteiger partial charge < -0.3 is 5.32 Å². The summed E-state index contributed by atoms with van der Waals surface area (Å²) in [4.78, 5) is 0. The Balaban J connectivity index is 1.65. The molecule has 1 aromatic rings. The van der Waals surface area contributed by atoms with Gasteiger partial charge in [0.15, 0.2) is 0 Å². The lowest BCUT2D eigenvalue weighted by atomic mass is 9.69. The molecule has 1 N–H and O–H groups in total. The summed E-state index contributed by atoms with van der Waals surface area (Å²) in [5, 5.41) is 3.75. The Kier molecular flexibility index (Phi) is 4.53. The van der Waals surface area contributed by atoms with Crippen LogP contribution >= 0.6 is 31.9 Å². The SMILES string of the molecule is Brc1ccc(Br)c(NC2CCC3CCCCC3C2)c1. The molecule has 2 saturated carbocycles. The Morgan fingerprint density at radius 1 is 0.947 bits per heavy atom. The quantitative estimate of drug-likeness (QED) is 0.658. The van der Waals surface area contributed by atoms with Gasteiger partial charge in [-0.25, -0.2) is 0 Å². The maximum absolute atomic E-state index is 3.75. The van der Waals surface area contributed by atoms with Crippen molar-refractivity contribution in [2.75, 3.05) is 5.32 Å². The standard InChI is InChI=1S/C16H21Br2N/c17-13-6-8-15(18)16(10-13)19-14-7-5-11-3-1-2-4-12(11)9-14/h6,8,10-12,14,19H,1-5,7,9H2. The molecule has 0 radical (unpaired) electrons. The van der Waals surface area contributed by atoms with E-state index in [1.807, 2.05) is 0 Å². The fraction of sp³-hybridized carbons (Fsp3) is 0.625. The van der Waals surface area contributed by atoms with Crippen LogP contribution in [0, 0.1) is 11.8 Å². The fourth-order valence-electron chi connectivity index (χ4n) is 3.83. The van der Waals surface area contributed by atoms with Gasteiger partial charge in [0.1, 0.15) is 0 Å². The van der Waals surface area contributed by atoms with Crippen LogP contribution in [0.1, 0.15) is 44.9 Å². The minimum absolute atomic E-state index is 0.657. The summed E-state index contributed by atoms with van der Waals surface area (Å²) in [6.45, 7) is 0. The number of hydrogen-bond acceptors (Lipinski definition) is 1. The van der Waals surface area contributed by atoms with Gasteiger partial charge in [-0.15, -0.1) is 0 Å². The molecule has 104 valence electrons. The van der Waals surface area contributed by atoms with Crippen LogP contribution in [0.15, 0.2) is 27.1 Å². The summed E-state index contributed by atoms with van der Waals surface area (Å²) in [5.41, 5.74) is 1.23. The second-order valence-corrected chi connectivity index (χ2v) is 7.85. The number of benzene rings is 1. The molecule has 1 aromatic carbocycles. The first-order chi connectivity index (χ1) is 9.22. The lowest BCUT2D eigenvalue weighted by Gasteiger charge is -2.40. The molecule has 19 heavy (non-hydrogen) atoms. The molecule has 0 saturated heterocycles. The van der Waals surface area contributed by atoms with Crippen LogP contribution in [0.25, 0.3) is 0 Å². The van der Waals surface area contributed by atoms with Crippen molar-refractivity contribution in [2.24, 2.45) is 11.8 Å². The number of rotatable bonds is 2. The number of halogens is 2. The molecule has 2 aliphatic rings. The Morgan fingerprint density at radius 2 is 1.74 bits per heavy atom. The van der Waals surface area contributed by atoms with Crippen LogP contribution in [0.5, 0.6) is 0 Å². The van der Waals surface area contributed by atoms with Gasteiger partial charge in [-0.2, -0.15) is 0 Å². The Labute approximate surface area is 132 Å². The van der Waals surface area contributed by atoms with Crippen LogP contribution in [-0.4, -0.2) is 6.04 Å². The summed E-state index contributed by atoms with van der Waals surface area (Å²) in [6.07, 6.45) is 9.99. The molecule has 1 nitrogen and oxygen atoms in total. The van der Waals surface area contributed by atoms with Gasteiger partial charge in [0, 0.05) is 20.7 Å². The van der Waals surface area contributed by atoms with Crippen molar-refractivity contribution >= 4 is 37.5 Å². The average molecular weight is 387 g/mol. The predicted octanol–water partition coefficient (Wildman–Crippen LogP) is 5.98. The monoisotopic (exact) mass is 385 g/mol. The second-order valence-electron chi connectivity index (χ2n) is 6.08. The third-order valence-corrected chi connectivity index (χ3v) is 6.01. The Morgan fingerprint density at radius 3 is 2.58 bits per heavy atom. The highest BCUT2D eigenvalue weighted by atomic mass is 79.9. The number of fused-ring (bicyclic) bond motifs is 1. The molecule has 0 amide bonds. The molecule has 0 heterocycles. The maximum Gasteiger partial charge on any atom is 0.0498 e. The molecule has 3 rings (SSSR count). The van der Waals surface area contributed by atoms with Gasteiger partial charge in [-0.1, -0.05) is 41.6 Å². The highest BCUT2D eigenvalue weighted by Crippen LogP contribution is 2.41. The van der Waals surface area contributed by atoms with Crippen LogP contribution < -0.4 is 5.32 Å². The van der Waals surface area contributed by atoms with E-state index in [2.05, 4.69) is 55.4 Å². The third kappa shape index (κ3) is 3.36. The topological polar surface area (TPSA) is 12.0 Å². The van der Waals surface area contributed by atoms with E-state index in [0.29, 0.717) is 6.04 Å². The molecule has 2 fully saturated rings. The van der Waals surface area contributed by atoms with Crippen molar-refractivity contribution in [3.8, 4) is 0 Å². The minimum Gasteiger partial charge on any atom is -0.381 e. The smallest absolute Gasteiger partial charge is 0.0498 e. The lowest BCUT2D eigenvalue weighted by Crippen LogP contribution is -2.34. The molecular formula is C16H21Br2N. The van der Waals surface area contributed by atoms with Crippen LogP contribution in [-0.2, 0) is 0 Å². The van der Waals surface area contributed by atoms with E-state index < -0.39 is 0 Å². The summed E-state index contributed by atoms with van der Waals surface area (Å²) in [7, 11) is 0. The van der Waals surface area contributed by atoms with Crippen molar-refractivity contribution in [3.63, 3.8) is 0 Å². The highest BCUT2D eigenvalue weighted by molar-refractivity contribution is 9.11. The molecule has 0 aliphatic heterocycles. The van der Waals surface area contributed by atoms with Gasteiger partial charge in [0.2, 0.25) is 0 Å². The Hall–Kier alpha value is -0.0200. The van der Waals surface area contributed by atoms with E-state index in [1.54, 1.807) is 0 Å². The van der Waals surface area contributed by atoms with Crippen LogP contribution in [0.3, 0.4) is 0 Å². The van der Waals surface area contributed by atoms with Gasteiger partial charge >= 0.3 is 0 Å². The first-order valence-electron chi connectivity index (χ1n) is 7.44. The largest absolute Gasteiger partial charge is 0.381 e. The number of hydrogen-bond donors (Lipinski definition) is 1. The van der Waals surface area contributed by atoms with Crippen molar-refractivity contribution in [3.05, 3.63) is 27.1 Å². The molecule has 0 aromatic heterocycles. The van der Waals surface area contributed by atoms with Crippen LogP contribution in [0.2, 0.25) is 0 Å². The molecule has 2 aliphatic carbocycles. The number of anilines is 1. The van der Waals surface area contributed by atoms with Crippen molar-refractivity contribution < 1.29 is 0 Å². The van der Waals surface area contributed by atoms with E-state index in [0.717, 1.165) is 16.3 Å². The molecule has 0 bridgehead atoms. The van der Waals surface area contributed by atoms with Crippen molar-refractivity contribution in [1.29, 1.82) is 0 Å². The minimum atomic E-state index is 0.657. The molecular weight excluding hydrogens is 366 g/mol. The number of nitrogens with one attached hydrogen (secondary N) is 1. The van der Waals surface area contributed by atoms with Crippen LogP contribution in [0.4, 0.5) is 5.69 Å². The lowest BCUT2D eigenvalue weighted by molar-refractivity contribution is 0.162. The van der Waals surface area contributed by atoms with E-state index in [-0.39, 0.29) is 0 Å². The third-order valence-electron chi connectivity index (χ3n) is 4.83. The zero-order valence-corrected chi connectivity index (χ0v) is 14.3. The zero-order chi connectivity index (χ0) is 13.2. The van der Waals surface area contributed by atoms with Gasteiger partial charge in [-0.05, 0) is 65.2 Å². The van der Waals surface area contributed by atoms with Gasteiger partial charge in [-0.3, -0.25) is 0 Å². The van der Waals surface area contributed by atoms with Gasteiger partial charge in [0.05, 0.1) is 0 Å². The average Bonchev–Trinajstić information content (AvgIpc) is 2.43.